The minimum Gasteiger partial charge on any atom is -0.492 e. The molecule has 0 saturated carbocycles. The van der Waals surface area contributed by atoms with Crippen LogP contribution in [-0.4, -0.2) is 19.2 Å². The van der Waals surface area contributed by atoms with Crippen LogP contribution in [0.2, 0.25) is 0 Å². The Morgan fingerprint density at radius 3 is 2.79 bits per heavy atom. The van der Waals surface area contributed by atoms with Crippen molar-refractivity contribution in [2.45, 2.75) is 19.4 Å². The number of ether oxygens (including phenoxy) is 1. The van der Waals surface area contributed by atoms with Crippen LogP contribution in [0.3, 0.4) is 0 Å². The molecule has 1 aromatic rings. The molecule has 0 bridgehead atoms. The highest BCUT2D eigenvalue weighted by Crippen LogP contribution is 2.15. The standard InChI is InChI=1S/C12H17NO/c1-10-7-11(13-8-10)9-14-12-5-3-2-4-6-12/h2-6,10-11,13H,7-9H2,1H3. The monoisotopic (exact) mass is 191 g/mol. The van der Waals surface area contributed by atoms with Gasteiger partial charge in [0.15, 0.2) is 0 Å². The summed E-state index contributed by atoms with van der Waals surface area (Å²) in [4.78, 5) is 0. The number of rotatable bonds is 3. The summed E-state index contributed by atoms with van der Waals surface area (Å²) in [7, 11) is 0. The van der Waals surface area contributed by atoms with Gasteiger partial charge in [-0.25, -0.2) is 0 Å². The Hall–Kier alpha value is -1.02. The molecule has 1 heterocycles. The number of hydrogen-bond donors (Lipinski definition) is 1. The van der Waals surface area contributed by atoms with Crippen LogP contribution in [-0.2, 0) is 0 Å². The second kappa shape index (κ2) is 4.47. The summed E-state index contributed by atoms with van der Waals surface area (Å²) in [6, 6.07) is 10.5. The summed E-state index contributed by atoms with van der Waals surface area (Å²) in [5.41, 5.74) is 0. The van der Waals surface area contributed by atoms with Gasteiger partial charge in [0.05, 0.1) is 0 Å². The average Bonchev–Trinajstić information content (AvgIpc) is 2.63. The smallest absolute Gasteiger partial charge is 0.119 e. The van der Waals surface area contributed by atoms with Gasteiger partial charge in [-0.2, -0.15) is 0 Å². The van der Waals surface area contributed by atoms with E-state index < -0.39 is 0 Å². The van der Waals surface area contributed by atoms with E-state index in [0.29, 0.717) is 6.04 Å². The van der Waals surface area contributed by atoms with E-state index in [1.807, 2.05) is 30.3 Å². The van der Waals surface area contributed by atoms with E-state index in [4.69, 9.17) is 4.74 Å². The van der Waals surface area contributed by atoms with Crippen LogP contribution in [0.25, 0.3) is 0 Å². The Morgan fingerprint density at radius 2 is 2.14 bits per heavy atom. The lowest BCUT2D eigenvalue weighted by molar-refractivity contribution is 0.275. The number of nitrogens with one attached hydrogen (secondary N) is 1. The van der Waals surface area contributed by atoms with Crippen molar-refractivity contribution < 1.29 is 4.74 Å². The van der Waals surface area contributed by atoms with Crippen molar-refractivity contribution in [3.63, 3.8) is 0 Å². The third-order valence-corrected chi connectivity index (χ3v) is 2.64. The third-order valence-electron chi connectivity index (χ3n) is 2.64. The predicted molar refractivity (Wildman–Crippen MR) is 57.5 cm³/mol. The SMILES string of the molecule is CC1CNC(COc2ccccc2)C1. The zero-order chi connectivity index (χ0) is 9.80. The minimum atomic E-state index is 0.533. The van der Waals surface area contributed by atoms with E-state index in [9.17, 15) is 0 Å². The highest BCUT2D eigenvalue weighted by Gasteiger charge is 2.20. The third kappa shape index (κ3) is 2.48. The second-order valence-corrected chi connectivity index (χ2v) is 4.07. The van der Waals surface area contributed by atoms with Crippen molar-refractivity contribution in [2.24, 2.45) is 5.92 Å². The molecule has 1 fully saturated rings. The number of para-hydroxylation sites is 1. The van der Waals surface area contributed by atoms with Crippen LogP contribution < -0.4 is 10.1 Å². The van der Waals surface area contributed by atoms with Crippen LogP contribution in [0, 0.1) is 5.92 Å². The normalized spacial score (nSPS) is 26.4. The molecule has 1 aromatic carbocycles. The van der Waals surface area contributed by atoms with Crippen molar-refractivity contribution in [1.82, 2.24) is 5.32 Å². The Balaban J connectivity index is 1.78. The van der Waals surface area contributed by atoms with Gasteiger partial charge in [-0.3, -0.25) is 0 Å². The maximum absolute atomic E-state index is 5.68. The Kier molecular flexibility index (Phi) is 3.04. The molecule has 2 unspecified atom stereocenters. The zero-order valence-corrected chi connectivity index (χ0v) is 8.57. The molecule has 2 nitrogen and oxygen atoms in total. The fraction of sp³-hybridized carbons (Fsp3) is 0.500. The molecule has 76 valence electrons. The molecule has 0 aromatic heterocycles. The first-order valence-electron chi connectivity index (χ1n) is 5.26. The molecule has 1 aliphatic heterocycles. The van der Waals surface area contributed by atoms with Crippen molar-refractivity contribution in [1.29, 1.82) is 0 Å². The number of benzene rings is 1. The molecule has 2 rings (SSSR count). The Morgan fingerprint density at radius 1 is 1.36 bits per heavy atom. The van der Waals surface area contributed by atoms with Crippen LogP contribution in [0.15, 0.2) is 30.3 Å². The van der Waals surface area contributed by atoms with E-state index in [1.165, 1.54) is 6.42 Å². The summed E-state index contributed by atoms with van der Waals surface area (Å²) < 4.78 is 5.68. The average molecular weight is 191 g/mol. The van der Waals surface area contributed by atoms with Crippen LogP contribution >= 0.6 is 0 Å². The van der Waals surface area contributed by atoms with Gasteiger partial charge in [0.2, 0.25) is 0 Å². The van der Waals surface area contributed by atoms with Gasteiger partial charge in [-0.15, -0.1) is 0 Å². The molecule has 1 N–H and O–H groups in total. The van der Waals surface area contributed by atoms with Gasteiger partial charge in [-0.1, -0.05) is 25.1 Å². The Bertz CT molecular complexity index is 273. The Labute approximate surface area is 85.3 Å². The van der Waals surface area contributed by atoms with Gasteiger partial charge in [0.25, 0.3) is 0 Å². The van der Waals surface area contributed by atoms with Gasteiger partial charge in [0, 0.05) is 6.04 Å². The van der Waals surface area contributed by atoms with Gasteiger partial charge >= 0.3 is 0 Å². The topological polar surface area (TPSA) is 21.3 Å². The first-order chi connectivity index (χ1) is 6.84. The second-order valence-electron chi connectivity index (χ2n) is 4.07. The summed E-state index contributed by atoms with van der Waals surface area (Å²) in [5, 5.41) is 3.45. The molecular weight excluding hydrogens is 174 g/mol. The predicted octanol–water partition coefficient (Wildman–Crippen LogP) is 2.06. The molecule has 0 amide bonds. The highest BCUT2D eigenvalue weighted by atomic mass is 16.5. The maximum Gasteiger partial charge on any atom is 0.119 e. The van der Waals surface area contributed by atoms with Crippen molar-refractivity contribution in [2.75, 3.05) is 13.2 Å². The molecular formula is C12H17NO. The molecule has 0 radical (unpaired) electrons. The minimum absolute atomic E-state index is 0.533. The van der Waals surface area contributed by atoms with Gasteiger partial charge in [0.1, 0.15) is 12.4 Å². The van der Waals surface area contributed by atoms with Crippen LogP contribution in [0.5, 0.6) is 5.75 Å². The largest absolute Gasteiger partial charge is 0.492 e. The molecule has 0 spiro atoms. The first kappa shape index (κ1) is 9.53. The first-order valence-corrected chi connectivity index (χ1v) is 5.26. The summed E-state index contributed by atoms with van der Waals surface area (Å²) in [6.07, 6.45) is 1.23. The molecule has 0 aliphatic carbocycles. The van der Waals surface area contributed by atoms with Crippen molar-refractivity contribution in [3.05, 3.63) is 30.3 Å². The fourth-order valence-corrected chi connectivity index (χ4v) is 1.86. The van der Waals surface area contributed by atoms with Crippen LogP contribution in [0.4, 0.5) is 0 Å². The van der Waals surface area contributed by atoms with E-state index >= 15 is 0 Å². The quantitative estimate of drug-likeness (QED) is 0.789. The summed E-state index contributed by atoms with van der Waals surface area (Å²) in [5.74, 6) is 1.76. The van der Waals surface area contributed by atoms with Crippen LogP contribution in [0.1, 0.15) is 13.3 Å². The lowest BCUT2D eigenvalue weighted by atomic mass is 10.1. The van der Waals surface area contributed by atoms with Crippen molar-refractivity contribution in [3.8, 4) is 5.75 Å². The van der Waals surface area contributed by atoms with E-state index in [-0.39, 0.29) is 0 Å². The van der Waals surface area contributed by atoms with E-state index in [2.05, 4.69) is 12.2 Å². The molecule has 2 atom stereocenters. The molecule has 14 heavy (non-hydrogen) atoms. The van der Waals surface area contributed by atoms with Gasteiger partial charge in [-0.05, 0) is 31.0 Å². The maximum atomic E-state index is 5.68. The van der Waals surface area contributed by atoms with E-state index in [1.54, 1.807) is 0 Å². The summed E-state index contributed by atoms with van der Waals surface area (Å²) in [6.45, 7) is 4.19. The molecule has 2 heteroatoms. The van der Waals surface area contributed by atoms with Crippen molar-refractivity contribution >= 4 is 0 Å². The fourth-order valence-electron chi connectivity index (χ4n) is 1.86. The highest BCUT2D eigenvalue weighted by molar-refractivity contribution is 5.20. The molecule has 1 saturated heterocycles. The zero-order valence-electron chi connectivity index (χ0n) is 8.57. The molecule has 1 aliphatic rings. The van der Waals surface area contributed by atoms with E-state index in [0.717, 1.165) is 24.8 Å². The lowest BCUT2D eigenvalue weighted by Crippen LogP contribution is -2.28. The summed E-state index contributed by atoms with van der Waals surface area (Å²) >= 11 is 0. The number of hydrogen-bond acceptors (Lipinski definition) is 2. The lowest BCUT2D eigenvalue weighted by Gasteiger charge is -2.11. The van der Waals surface area contributed by atoms with Gasteiger partial charge < -0.3 is 10.1 Å².